The number of benzene rings is 5. The van der Waals surface area contributed by atoms with Gasteiger partial charge in [-0.1, -0.05) is 36.4 Å². The summed E-state index contributed by atoms with van der Waals surface area (Å²) < 4.78 is 57.1. The summed E-state index contributed by atoms with van der Waals surface area (Å²) in [5.41, 5.74) is 6.54. The molecule has 248 valence electrons. The van der Waals surface area contributed by atoms with E-state index in [2.05, 4.69) is 0 Å². The van der Waals surface area contributed by atoms with Crippen molar-refractivity contribution in [2.75, 3.05) is 32.3 Å². The zero-order valence-corrected chi connectivity index (χ0v) is 27.0. The molecule has 0 radical (unpaired) electrons. The lowest BCUT2D eigenvalue weighted by atomic mass is 10.1. The molecular formula is C34H26N4O9S2. The average molecular weight is 699 g/mol. The van der Waals surface area contributed by atoms with Gasteiger partial charge in [0.15, 0.2) is 0 Å². The maximum absolute atomic E-state index is 14.1. The van der Waals surface area contributed by atoms with Gasteiger partial charge < -0.3 is 15.6 Å². The first kappa shape index (κ1) is 32.9. The molecule has 1 heterocycles. The molecule has 1 aliphatic rings. The molecule has 3 N–H and O–H groups in total. The molecule has 49 heavy (non-hydrogen) atoms. The highest BCUT2D eigenvalue weighted by Crippen LogP contribution is 2.39. The van der Waals surface area contributed by atoms with Gasteiger partial charge in [0, 0.05) is 16.5 Å². The molecule has 13 nitrogen and oxygen atoms in total. The number of nitrogens with two attached hydrogens (primary N) is 1. The van der Waals surface area contributed by atoms with Gasteiger partial charge in [0.25, 0.3) is 31.9 Å². The van der Waals surface area contributed by atoms with Gasteiger partial charge in [-0.3, -0.25) is 23.0 Å². The first-order valence-electron chi connectivity index (χ1n) is 14.5. The van der Waals surface area contributed by atoms with Crippen LogP contribution in [-0.2, 0) is 29.6 Å². The van der Waals surface area contributed by atoms with Crippen molar-refractivity contribution in [1.82, 2.24) is 0 Å². The van der Waals surface area contributed by atoms with E-state index in [1.165, 1.54) is 72.8 Å². The highest BCUT2D eigenvalue weighted by atomic mass is 32.2. The smallest absolute Gasteiger partial charge is 0.324 e. The molecule has 0 bridgehead atoms. The van der Waals surface area contributed by atoms with Gasteiger partial charge >= 0.3 is 5.97 Å². The summed E-state index contributed by atoms with van der Waals surface area (Å²) in [7, 11) is -8.93. The molecule has 0 atom stereocenters. The monoisotopic (exact) mass is 698 g/mol. The van der Waals surface area contributed by atoms with Crippen molar-refractivity contribution in [2.45, 2.75) is 9.79 Å². The average Bonchev–Trinajstić information content (AvgIpc) is 3.35. The van der Waals surface area contributed by atoms with Gasteiger partial charge in [-0.15, -0.1) is 0 Å². The summed E-state index contributed by atoms with van der Waals surface area (Å²) in [6.45, 7) is -1.58. The van der Waals surface area contributed by atoms with Crippen LogP contribution in [0.5, 0.6) is 0 Å². The molecule has 0 aliphatic carbocycles. The third-order valence-corrected chi connectivity index (χ3v) is 11.4. The first-order chi connectivity index (χ1) is 23.4. The number of carboxylic acid groups (broad SMARTS) is 1. The topological polar surface area (TPSA) is 193 Å². The SMILES string of the molecule is Nc1ccc(S(=O)(=O)N(CC=O)c2ccc(N(CC(=O)O)S(=O)(=O)c3ccc(N4C(=O)c5ccccc5C4=O)cc3)c3ccccc23)cc1. The van der Waals surface area contributed by atoms with Crippen LogP contribution in [0.15, 0.2) is 119 Å². The predicted octanol–water partition coefficient (Wildman–Crippen LogP) is 3.90. The molecule has 0 aromatic heterocycles. The summed E-state index contributed by atoms with van der Waals surface area (Å²) in [4.78, 5) is 50.1. The zero-order valence-electron chi connectivity index (χ0n) is 25.3. The van der Waals surface area contributed by atoms with E-state index in [4.69, 9.17) is 5.73 Å². The van der Waals surface area contributed by atoms with E-state index in [1.54, 1.807) is 24.3 Å². The zero-order chi connectivity index (χ0) is 35.1. The Morgan fingerprint density at radius 2 is 1.12 bits per heavy atom. The van der Waals surface area contributed by atoms with Crippen molar-refractivity contribution in [1.29, 1.82) is 0 Å². The van der Waals surface area contributed by atoms with Gasteiger partial charge in [-0.2, -0.15) is 0 Å². The lowest BCUT2D eigenvalue weighted by Gasteiger charge is -2.28. The predicted molar refractivity (Wildman–Crippen MR) is 182 cm³/mol. The van der Waals surface area contributed by atoms with Gasteiger partial charge in [-0.05, 0) is 72.8 Å². The second-order valence-corrected chi connectivity index (χ2v) is 14.5. The van der Waals surface area contributed by atoms with Crippen molar-refractivity contribution in [3.05, 3.63) is 120 Å². The normalized spacial score (nSPS) is 12.9. The molecule has 15 heteroatoms. The second kappa shape index (κ2) is 12.5. The standard InChI is InChI=1S/C34H26N4O9S2/c35-22-9-13-24(14-10-22)48(44,45)36(19-20-39)30-17-18-31(27-6-2-1-5-26(27)30)37(21-32(40)41)49(46,47)25-15-11-23(12-16-25)38-33(42)28-7-3-4-8-29(28)34(38)43/h1-18,20H,19,21,35H2,(H,40,41). The summed E-state index contributed by atoms with van der Waals surface area (Å²) >= 11 is 0. The van der Waals surface area contributed by atoms with E-state index in [-0.39, 0.29) is 48.8 Å². The number of rotatable bonds is 11. The van der Waals surface area contributed by atoms with Crippen LogP contribution in [0.1, 0.15) is 20.7 Å². The number of hydrogen-bond acceptors (Lipinski definition) is 9. The van der Waals surface area contributed by atoms with E-state index >= 15 is 0 Å². The van der Waals surface area contributed by atoms with Crippen LogP contribution in [0.2, 0.25) is 0 Å². The van der Waals surface area contributed by atoms with Crippen LogP contribution in [-0.4, -0.2) is 59.1 Å². The van der Waals surface area contributed by atoms with E-state index in [9.17, 15) is 41.1 Å². The van der Waals surface area contributed by atoms with Crippen molar-refractivity contribution >= 4 is 77.6 Å². The van der Waals surface area contributed by atoms with E-state index in [1.807, 2.05) is 0 Å². The van der Waals surface area contributed by atoms with Crippen molar-refractivity contribution in [3.8, 4) is 0 Å². The van der Waals surface area contributed by atoms with Crippen LogP contribution in [0.25, 0.3) is 10.8 Å². The minimum Gasteiger partial charge on any atom is -0.480 e. The molecular weight excluding hydrogens is 673 g/mol. The fourth-order valence-corrected chi connectivity index (χ4v) is 8.45. The van der Waals surface area contributed by atoms with E-state index < -0.39 is 50.9 Å². The molecule has 1 aliphatic heterocycles. The van der Waals surface area contributed by atoms with Crippen LogP contribution in [0.4, 0.5) is 22.7 Å². The number of sulfonamides is 2. The van der Waals surface area contributed by atoms with Crippen LogP contribution in [0.3, 0.4) is 0 Å². The molecule has 0 unspecified atom stereocenters. The van der Waals surface area contributed by atoms with Crippen molar-refractivity contribution in [2.24, 2.45) is 0 Å². The number of imide groups is 1. The number of anilines is 4. The van der Waals surface area contributed by atoms with Gasteiger partial charge in [0.1, 0.15) is 12.8 Å². The number of amides is 2. The Kier molecular flexibility index (Phi) is 8.40. The highest BCUT2D eigenvalue weighted by Gasteiger charge is 2.37. The summed E-state index contributed by atoms with van der Waals surface area (Å²) in [5, 5.41) is 10.2. The maximum atomic E-state index is 14.1. The maximum Gasteiger partial charge on any atom is 0.324 e. The number of nitrogen functional groups attached to an aromatic ring is 1. The molecule has 0 saturated carbocycles. The Labute approximate surface area is 280 Å². The fourth-order valence-electron chi connectivity index (χ4n) is 5.60. The number of aliphatic carboxylic acids is 1. The minimum atomic E-state index is -4.62. The number of fused-ring (bicyclic) bond motifs is 2. The van der Waals surface area contributed by atoms with Crippen molar-refractivity contribution < 1.29 is 41.1 Å². The molecule has 5 aromatic carbocycles. The second-order valence-electron chi connectivity index (χ2n) is 10.8. The Bertz CT molecular complexity index is 2340. The number of carboxylic acids is 1. The van der Waals surface area contributed by atoms with Gasteiger partial charge in [-0.25, -0.2) is 21.7 Å². The van der Waals surface area contributed by atoms with Crippen LogP contribution >= 0.6 is 0 Å². The number of carbonyl (C=O) groups excluding carboxylic acids is 3. The van der Waals surface area contributed by atoms with E-state index in [0.29, 0.717) is 16.3 Å². The Balaban J connectivity index is 1.42. The van der Waals surface area contributed by atoms with Gasteiger partial charge in [0.05, 0.1) is 44.5 Å². The Morgan fingerprint density at radius 1 is 0.673 bits per heavy atom. The summed E-state index contributed by atoms with van der Waals surface area (Å²) in [6, 6.07) is 25.2. The first-order valence-corrected chi connectivity index (χ1v) is 17.4. The minimum absolute atomic E-state index is 0.0428. The molecule has 5 aromatic rings. The summed E-state index contributed by atoms with van der Waals surface area (Å²) in [5.74, 6) is -2.62. The lowest BCUT2D eigenvalue weighted by molar-refractivity contribution is -0.135. The highest BCUT2D eigenvalue weighted by molar-refractivity contribution is 7.93. The number of aldehydes is 1. The number of carbonyl (C=O) groups is 4. The largest absolute Gasteiger partial charge is 0.480 e. The number of nitrogens with zero attached hydrogens (tertiary/aromatic N) is 3. The third kappa shape index (κ3) is 5.74. The molecule has 2 amide bonds. The quantitative estimate of drug-likeness (QED) is 0.116. The van der Waals surface area contributed by atoms with Gasteiger partial charge in [0.2, 0.25) is 0 Å². The Morgan fingerprint density at radius 3 is 1.61 bits per heavy atom. The molecule has 0 fully saturated rings. The summed E-state index contributed by atoms with van der Waals surface area (Å²) in [6.07, 6.45) is 0.407. The van der Waals surface area contributed by atoms with E-state index in [0.717, 1.165) is 21.3 Å². The lowest BCUT2D eigenvalue weighted by Crippen LogP contribution is -2.36. The number of hydrogen-bond donors (Lipinski definition) is 2. The molecule has 0 saturated heterocycles. The van der Waals surface area contributed by atoms with Crippen molar-refractivity contribution in [3.63, 3.8) is 0 Å². The Hall–Kier alpha value is -6.06. The molecule has 0 spiro atoms. The fraction of sp³-hybridized carbons (Fsp3) is 0.0588. The van der Waals surface area contributed by atoms with Crippen LogP contribution in [0, 0.1) is 0 Å². The third-order valence-electron chi connectivity index (χ3n) is 7.88. The molecule has 6 rings (SSSR count). The van der Waals surface area contributed by atoms with Crippen LogP contribution < -0.4 is 19.2 Å².